The molecule has 1 heteroatoms. The first-order valence-electron chi connectivity index (χ1n) is 5.33. The SMILES string of the molecule is Cc1ccc(C2=CCCCC2)cc1N. The van der Waals surface area contributed by atoms with Crippen LogP contribution in [0.4, 0.5) is 5.69 Å². The van der Waals surface area contributed by atoms with Gasteiger partial charge in [0.2, 0.25) is 0 Å². The highest BCUT2D eigenvalue weighted by atomic mass is 14.6. The van der Waals surface area contributed by atoms with Gasteiger partial charge in [-0.25, -0.2) is 0 Å². The van der Waals surface area contributed by atoms with Crippen LogP contribution in [-0.2, 0) is 0 Å². The Labute approximate surface area is 85.6 Å². The van der Waals surface area contributed by atoms with Gasteiger partial charge >= 0.3 is 0 Å². The maximum Gasteiger partial charge on any atom is 0.0349 e. The van der Waals surface area contributed by atoms with E-state index in [0.29, 0.717) is 0 Å². The van der Waals surface area contributed by atoms with Gasteiger partial charge < -0.3 is 5.73 Å². The quantitative estimate of drug-likeness (QED) is 0.669. The first kappa shape index (κ1) is 9.32. The highest BCUT2D eigenvalue weighted by molar-refractivity contribution is 5.69. The maximum atomic E-state index is 5.90. The van der Waals surface area contributed by atoms with E-state index in [4.69, 9.17) is 5.73 Å². The molecule has 0 saturated heterocycles. The van der Waals surface area contributed by atoms with Gasteiger partial charge in [-0.15, -0.1) is 0 Å². The minimum Gasteiger partial charge on any atom is -0.398 e. The second-order valence-corrected chi connectivity index (χ2v) is 4.05. The molecule has 1 nitrogen and oxygen atoms in total. The van der Waals surface area contributed by atoms with E-state index in [1.807, 2.05) is 6.92 Å². The first-order valence-corrected chi connectivity index (χ1v) is 5.33. The summed E-state index contributed by atoms with van der Waals surface area (Å²) < 4.78 is 0. The normalized spacial score (nSPS) is 16.5. The third-order valence-electron chi connectivity index (χ3n) is 2.94. The molecule has 1 aromatic carbocycles. The van der Waals surface area contributed by atoms with Gasteiger partial charge in [-0.1, -0.05) is 18.2 Å². The lowest BCUT2D eigenvalue weighted by Gasteiger charge is -2.13. The van der Waals surface area contributed by atoms with E-state index in [1.54, 1.807) is 0 Å². The number of anilines is 1. The fourth-order valence-corrected chi connectivity index (χ4v) is 1.94. The highest BCUT2D eigenvalue weighted by Gasteiger charge is 2.06. The molecule has 0 saturated carbocycles. The van der Waals surface area contributed by atoms with Crippen molar-refractivity contribution in [2.75, 3.05) is 5.73 Å². The van der Waals surface area contributed by atoms with E-state index in [1.165, 1.54) is 42.4 Å². The number of hydrogen-bond donors (Lipinski definition) is 1. The van der Waals surface area contributed by atoms with E-state index < -0.39 is 0 Å². The first-order chi connectivity index (χ1) is 6.77. The Bertz CT molecular complexity index is 363. The summed E-state index contributed by atoms with van der Waals surface area (Å²) in [7, 11) is 0. The Kier molecular flexibility index (Phi) is 2.58. The lowest BCUT2D eigenvalue weighted by atomic mass is 9.93. The Morgan fingerprint density at radius 3 is 2.71 bits per heavy atom. The van der Waals surface area contributed by atoms with Crippen LogP contribution >= 0.6 is 0 Å². The predicted molar refractivity (Wildman–Crippen MR) is 62.0 cm³/mol. The van der Waals surface area contributed by atoms with Crippen LogP contribution in [0.25, 0.3) is 5.57 Å². The third kappa shape index (κ3) is 1.82. The van der Waals surface area contributed by atoms with Gasteiger partial charge in [-0.05, 0) is 55.4 Å². The standard InChI is InChI=1S/C13H17N/c1-10-7-8-12(9-13(10)14)11-5-3-2-4-6-11/h5,7-9H,2-4,6,14H2,1H3. The van der Waals surface area contributed by atoms with Crippen LogP contribution in [0.5, 0.6) is 0 Å². The summed E-state index contributed by atoms with van der Waals surface area (Å²) in [5.74, 6) is 0. The van der Waals surface area contributed by atoms with Gasteiger partial charge in [-0.2, -0.15) is 0 Å². The van der Waals surface area contributed by atoms with Crippen molar-refractivity contribution < 1.29 is 0 Å². The van der Waals surface area contributed by atoms with Gasteiger partial charge in [0.05, 0.1) is 0 Å². The summed E-state index contributed by atoms with van der Waals surface area (Å²) in [6.07, 6.45) is 7.45. The number of allylic oxidation sites excluding steroid dienone is 2. The Morgan fingerprint density at radius 2 is 2.07 bits per heavy atom. The number of benzene rings is 1. The van der Waals surface area contributed by atoms with Crippen molar-refractivity contribution in [1.29, 1.82) is 0 Å². The Hall–Kier alpha value is -1.24. The second kappa shape index (κ2) is 3.87. The molecule has 0 aromatic heterocycles. The van der Waals surface area contributed by atoms with Crippen molar-refractivity contribution in [3.8, 4) is 0 Å². The van der Waals surface area contributed by atoms with Crippen LogP contribution in [0.2, 0.25) is 0 Å². The Balaban J connectivity index is 2.32. The predicted octanol–water partition coefficient (Wildman–Crippen LogP) is 3.53. The topological polar surface area (TPSA) is 26.0 Å². The zero-order valence-electron chi connectivity index (χ0n) is 8.72. The van der Waals surface area contributed by atoms with Crippen molar-refractivity contribution in [2.24, 2.45) is 0 Å². The van der Waals surface area contributed by atoms with Crippen LogP contribution in [0.1, 0.15) is 36.8 Å². The number of nitrogens with two attached hydrogens (primary N) is 1. The lowest BCUT2D eigenvalue weighted by molar-refractivity contribution is 0.742. The molecule has 0 atom stereocenters. The van der Waals surface area contributed by atoms with Gasteiger partial charge in [0, 0.05) is 5.69 Å². The number of hydrogen-bond acceptors (Lipinski definition) is 1. The lowest BCUT2D eigenvalue weighted by Crippen LogP contribution is -1.95. The van der Waals surface area contributed by atoms with Crippen LogP contribution in [0.15, 0.2) is 24.3 Å². The molecule has 0 unspecified atom stereocenters. The molecule has 0 aliphatic heterocycles. The molecule has 14 heavy (non-hydrogen) atoms. The molecule has 2 rings (SSSR count). The molecular weight excluding hydrogens is 170 g/mol. The van der Waals surface area contributed by atoms with Crippen molar-refractivity contribution in [3.05, 3.63) is 35.4 Å². The van der Waals surface area contributed by atoms with Crippen LogP contribution < -0.4 is 5.73 Å². The Morgan fingerprint density at radius 1 is 1.21 bits per heavy atom. The number of aryl methyl sites for hydroxylation is 1. The zero-order chi connectivity index (χ0) is 9.97. The summed E-state index contributed by atoms with van der Waals surface area (Å²) in [6, 6.07) is 6.40. The summed E-state index contributed by atoms with van der Waals surface area (Å²) >= 11 is 0. The van der Waals surface area contributed by atoms with Crippen molar-refractivity contribution in [3.63, 3.8) is 0 Å². The van der Waals surface area contributed by atoms with Gasteiger partial charge in [0.15, 0.2) is 0 Å². The molecular formula is C13H17N. The molecule has 1 aliphatic rings. The second-order valence-electron chi connectivity index (χ2n) is 4.05. The number of rotatable bonds is 1. The summed E-state index contributed by atoms with van der Waals surface area (Å²) in [5.41, 5.74) is 10.8. The molecule has 1 aromatic rings. The number of nitrogen functional groups attached to an aromatic ring is 1. The van der Waals surface area contributed by atoms with Crippen molar-refractivity contribution in [2.45, 2.75) is 32.6 Å². The molecule has 2 N–H and O–H groups in total. The fraction of sp³-hybridized carbons (Fsp3) is 0.385. The minimum atomic E-state index is 0.911. The van der Waals surface area contributed by atoms with Crippen molar-refractivity contribution in [1.82, 2.24) is 0 Å². The minimum absolute atomic E-state index is 0.911. The molecule has 0 fully saturated rings. The van der Waals surface area contributed by atoms with E-state index in [-0.39, 0.29) is 0 Å². The summed E-state index contributed by atoms with van der Waals surface area (Å²) in [6.45, 7) is 2.05. The van der Waals surface area contributed by atoms with Crippen molar-refractivity contribution >= 4 is 11.3 Å². The summed E-state index contributed by atoms with van der Waals surface area (Å²) in [4.78, 5) is 0. The molecule has 0 heterocycles. The molecule has 0 spiro atoms. The molecule has 1 aliphatic carbocycles. The van der Waals surface area contributed by atoms with Crippen LogP contribution in [-0.4, -0.2) is 0 Å². The van der Waals surface area contributed by atoms with Crippen LogP contribution in [0, 0.1) is 6.92 Å². The van der Waals surface area contributed by atoms with E-state index in [9.17, 15) is 0 Å². The molecule has 74 valence electrons. The smallest absolute Gasteiger partial charge is 0.0349 e. The average Bonchev–Trinajstić information content (AvgIpc) is 2.23. The average molecular weight is 187 g/mol. The third-order valence-corrected chi connectivity index (χ3v) is 2.94. The van der Waals surface area contributed by atoms with Crippen LogP contribution in [0.3, 0.4) is 0 Å². The van der Waals surface area contributed by atoms with E-state index >= 15 is 0 Å². The van der Waals surface area contributed by atoms with E-state index in [0.717, 1.165) is 5.69 Å². The zero-order valence-corrected chi connectivity index (χ0v) is 8.72. The molecule has 0 amide bonds. The molecule has 0 bridgehead atoms. The maximum absolute atomic E-state index is 5.90. The van der Waals surface area contributed by atoms with Gasteiger partial charge in [-0.3, -0.25) is 0 Å². The monoisotopic (exact) mass is 187 g/mol. The van der Waals surface area contributed by atoms with E-state index in [2.05, 4.69) is 24.3 Å². The highest BCUT2D eigenvalue weighted by Crippen LogP contribution is 2.28. The van der Waals surface area contributed by atoms with Gasteiger partial charge in [0.25, 0.3) is 0 Å². The molecule has 0 radical (unpaired) electrons. The van der Waals surface area contributed by atoms with Gasteiger partial charge in [0.1, 0.15) is 0 Å². The summed E-state index contributed by atoms with van der Waals surface area (Å²) in [5, 5.41) is 0. The fourth-order valence-electron chi connectivity index (χ4n) is 1.94. The largest absolute Gasteiger partial charge is 0.398 e.